The molecule has 0 bridgehead atoms. The molecule has 164 valence electrons. The fourth-order valence-electron chi connectivity index (χ4n) is 4.33. The lowest BCUT2D eigenvalue weighted by atomic mass is 10.0. The highest BCUT2D eigenvalue weighted by Gasteiger charge is 2.25. The van der Waals surface area contributed by atoms with Crippen LogP contribution in [-0.2, 0) is 11.3 Å². The Morgan fingerprint density at radius 2 is 1.84 bits per heavy atom. The van der Waals surface area contributed by atoms with Gasteiger partial charge in [-0.3, -0.25) is 0 Å². The Kier molecular flexibility index (Phi) is 5.22. The number of imidazole rings is 1. The summed E-state index contributed by atoms with van der Waals surface area (Å²) in [5.74, 6) is -1.63. The molecule has 0 aliphatic carbocycles. The number of benzene rings is 3. The van der Waals surface area contributed by atoms with E-state index in [2.05, 4.69) is 4.98 Å². The highest BCUT2D eigenvalue weighted by molar-refractivity contribution is 6.03. The summed E-state index contributed by atoms with van der Waals surface area (Å²) in [4.78, 5) is 18.1. The lowest BCUT2D eigenvalue weighted by Gasteiger charge is -2.29. The summed E-state index contributed by atoms with van der Waals surface area (Å²) in [5.41, 5.74) is 1.90. The number of morpholine rings is 1. The van der Waals surface area contributed by atoms with Gasteiger partial charge in [0.2, 0.25) is 0 Å². The van der Waals surface area contributed by atoms with Crippen LogP contribution < -0.4 is 4.90 Å². The monoisotopic (exact) mass is 437 g/mol. The minimum Gasteiger partial charge on any atom is -0.478 e. The van der Waals surface area contributed by atoms with Gasteiger partial charge in [-0.25, -0.2) is 18.6 Å². The molecule has 0 amide bonds. The van der Waals surface area contributed by atoms with Gasteiger partial charge in [-0.1, -0.05) is 42.5 Å². The van der Waals surface area contributed by atoms with Crippen LogP contribution in [0, 0.1) is 0 Å². The van der Waals surface area contributed by atoms with E-state index >= 15 is 0 Å². The molecule has 1 saturated heterocycles. The lowest BCUT2D eigenvalue weighted by molar-refractivity contribution is 0.0698. The van der Waals surface area contributed by atoms with Crippen LogP contribution in [0.2, 0.25) is 0 Å². The van der Waals surface area contributed by atoms with Gasteiger partial charge in [-0.15, -0.1) is 0 Å². The van der Waals surface area contributed by atoms with Gasteiger partial charge in [0.15, 0.2) is 5.82 Å². The number of hydrogen-bond acceptors (Lipinski definition) is 4. The number of nitrogens with zero attached hydrogens (tertiary/aromatic N) is 3. The average molecular weight is 437 g/mol. The molecule has 0 spiro atoms. The molecule has 32 heavy (non-hydrogen) atoms. The fraction of sp³-hybridized carbons (Fsp3) is 0.250. The standard InChI is InChI=1S/C24H21F2N3O3/c25-22(26)23-27-21-19(24(30)31)12-17(28-8-10-32-11-9-28)13-20(21)29(23)14-16-6-3-5-15-4-1-2-7-18(15)16/h1-7,12-13,22H,8-11,14H2,(H,30,31). The van der Waals surface area contributed by atoms with E-state index in [9.17, 15) is 18.7 Å². The van der Waals surface area contributed by atoms with Crippen molar-refractivity contribution < 1.29 is 23.4 Å². The first-order valence-electron chi connectivity index (χ1n) is 10.4. The van der Waals surface area contributed by atoms with Crippen molar-refractivity contribution in [3.8, 4) is 0 Å². The maximum Gasteiger partial charge on any atom is 0.338 e. The van der Waals surface area contributed by atoms with Gasteiger partial charge >= 0.3 is 5.97 Å². The Morgan fingerprint density at radius 3 is 2.59 bits per heavy atom. The normalized spacial score (nSPS) is 14.5. The fourth-order valence-corrected chi connectivity index (χ4v) is 4.33. The van der Waals surface area contributed by atoms with Crippen LogP contribution in [0.5, 0.6) is 0 Å². The van der Waals surface area contributed by atoms with Crippen LogP contribution in [0.25, 0.3) is 21.8 Å². The minimum atomic E-state index is -2.84. The number of halogens is 2. The second-order valence-corrected chi connectivity index (χ2v) is 7.76. The number of fused-ring (bicyclic) bond motifs is 2. The number of hydrogen-bond donors (Lipinski definition) is 1. The van der Waals surface area contributed by atoms with Crippen molar-refractivity contribution >= 4 is 33.5 Å². The molecule has 0 saturated carbocycles. The van der Waals surface area contributed by atoms with Gasteiger partial charge in [-0.2, -0.15) is 0 Å². The SMILES string of the molecule is O=C(O)c1cc(N2CCOCC2)cc2c1nc(C(F)F)n2Cc1cccc2ccccc12. The van der Waals surface area contributed by atoms with Crippen molar-refractivity contribution in [2.75, 3.05) is 31.2 Å². The van der Waals surface area contributed by atoms with Crippen LogP contribution in [0.3, 0.4) is 0 Å². The first-order chi connectivity index (χ1) is 15.5. The second-order valence-electron chi connectivity index (χ2n) is 7.76. The summed E-state index contributed by atoms with van der Waals surface area (Å²) < 4.78 is 34.9. The molecule has 2 heterocycles. The van der Waals surface area contributed by atoms with Crippen LogP contribution in [0.15, 0.2) is 54.6 Å². The van der Waals surface area contributed by atoms with E-state index in [1.807, 2.05) is 47.4 Å². The van der Waals surface area contributed by atoms with Crippen molar-refractivity contribution in [3.63, 3.8) is 0 Å². The van der Waals surface area contributed by atoms with Crippen LogP contribution in [-0.4, -0.2) is 46.9 Å². The van der Waals surface area contributed by atoms with E-state index in [4.69, 9.17) is 4.74 Å². The molecule has 3 aromatic carbocycles. The third-order valence-electron chi connectivity index (χ3n) is 5.88. The maximum absolute atomic E-state index is 14.0. The number of ether oxygens (including phenoxy) is 1. The zero-order valence-corrected chi connectivity index (χ0v) is 17.2. The van der Waals surface area contributed by atoms with E-state index < -0.39 is 18.2 Å². The molecular weight excluding hydrogens is 416 g/mol. The number of aromatic carboxylic acids is 1. The number of carboxylic acids is 1. The summed E-state index contributed by atoms with van der Waals surface area (Å²) in [6.07, 6.45) is -2.84. The maximum atomic E-state index is 14.0. The highest BCUT2D eigenvalue weighted by Crippen LogP contribution is 2.32. The van der Waals surface area contributed by atoms with Crippen LogP contribution in [0.4, 0.5) is 14.5 Å². The first kappa shape index (κ1) is 20.4. The summed E-state index contributed by atoms with van der Waals surface area (Å²) in [5, 5.41) is 11.8. The average Bonchev–Trinajstić information content (AvgIpc) is 3.18. The Morgan fingerprint density at radius 1 is 1.09 bits per heavy atom. The Balaban J connectivity index is 1.72. The van der Waals surface area contributed by atoms with E-state index in [0.717, 1.165) is 16.3 Å². The first-order valence-corrected chi connectivity index (χ1v) is 10.4. The molecule has 6 nitrogen and oxygen atoms in total. The highest BCUT2D eigenvalue weighted by atomic mass is 19.3. The number of aromatic nitrogens is 2. The van der Waals surface area contributed by atoms with E-state index in [1.54, 1.807) is 6.07 Å². The Bertz CT molecular complexity index is 1310. The molecule has 0 atom stereocenters. The number of anilines is 1. The molecule has 1 aliphatic rings. The predicted molar refractivity (Wildman–Crippen MR) is 118 cm³/mol. The van der Waals surface area contributed by atoms with Crippen molar-refractivity contribution in [3.05, 3.63) is 71.5 Å². The summed E-state index contributed by atoms with van der Waals surface area (Å²) in [6, 6.07) is 16.8. The smallest absolute Gasteiger partial charge is 0.338 e. The topological polar surface area (TPSA) is 67.6 Å². The van der Waals surface area contributed by atoms with E-state index in [0.29, 0.717) is 37.5 Å². The molecule has 1 N–H and O–H groups in total. The zero-order valence-electron chi connectivity index (χ0n) is 17.2. The number of rotatable bonds is 5. The third-order valence-corrected chi connectivity index (χ3v) is 5.88. The van der Waals surface area contributed by atoms with Gasteiger partial charge in [0.1, 0.15) is 5.52 Å². The molecule has 5 rings (SSSR count). The van der Waals surface area contributed by atoms with Gasteiger partial charge in [0.25, 0.3) is 6.43 Å². The van der Waals surface area contributed by atoms with Gasteiger partial charge in [0, 0.05) is 18.8 Å². The molecule has 4 aromatic rings. The molecular formula is C24H21F2N3O3. The predicted octanol–water partition coefficient (Wildman–Crippen LogP) is 4.71. The summed E-state index contributed by atoms with van der Waals surface area (Å²) >= 11 is 0. The zero-order chi connectivity index (χ0) is 22.2. The summed E-state index contributed by atoms with van der Waals surface area (Å²) in [6.45, 7) is 2.41. The van der Waals surface area contributed by atoms with Crippen molar-refractivity contribution in [2.45, 2.75) is 13.0 Å². The van der Waals surface area contributed by atoms with Gasteiger partial charge < -0.3 is 19.3 Å². The van der Waals surface area contributed by atoms with Crippen molar-refractivity contribution in [1.82, 2.24) is 9.55 Å². The van der Waals surface area contributed by atoms with E-state index in [1.165, 1.54) is 10.6 Å². The Labute approximate surface area is 182 Å². The lowest BCUT2D eigenvalue weighted by Crippen LogP contribution is -2.36. The quantitative estimate of drug-likeness (QED) is 0.490. The molecule has 8 heteroatoms. The third kappa shape index (κ3) is 3.56. The minimum absolute atomic E-state index is 0.0741. The molecule has 1 aromatic heterocycles. The number of alkyl halides is 2. The van der Waals surface area contributed by atoms with Gasteiger partial charge in [0.05, 0.1) is 30.8 Å². The van der Waals surface area contributed by atoms with Crippen LogP contribution in [0.1, 0.15) is 28.2 Å². The van der Waals surface area contributed by atoms with Gasteiger partial charge in [-0.05, 0) is 28.5 Å². The van der Waals surface area contributed by atoms with Crippen molar-refractivity contribution in [1.29, 1.82) is 0 Å². The second kappa shape index (κ2) is 8.20. The Hall–Kier alpha value is -3.52. The van der Waals surface area contributed by atoms with Crippen molar-refractivity contribution in [2.24, 2.45) is 0 Å². The molecule has 1 fully saturated rings. The molecule has 0 unspecified atom stereocenters. The van der Waals surface area contributed by atoms with E-state index in [-0.39, 0.29) is 17.6 Å². The van der Waals surface area contributed by atoms with Crippen LogP contribution >= 0.6 is 0 Å². The number of carbonyl (C=O) groups is 1. The molecule has 0 radical (unpaired) electrons. The summed E-state index contributed by atoms with van der Waals surface area (Å²) in [7, 11) is 0. The number of carboxylic acid groups (broad SMARTS) is 1. The molecule has 1 aliphatic heterocycles. The largest absolute Gasteiger partial charge is 0.478 e.